The molecule has 0 bridgehead atoms. The molecule has 0 saturated carbocycles. The molecule has 6 nitrogen and oxygen atoms in total. The molecule has 3 N–H and O–H groups in total. The van der Waals surface area contributed by atoms with Crippen LogP contribution in [0.5, 0.6) is 0 Å². The molecular formula is C15H18ClN3O3S2. The molecule has 130 valence electrons. The van der Waals surface area contributed by atoms with Gasteiger partial charge in [0, 0.05) is 11.8 Å². The number of nitrogens with one attached hydrogen (secondary N) is 1. The Hall–Kier alpha value is -1.48. The van der Waals surface area contributed by atoms with E-state index in [1.165, 1.54) is 11.3 Å². The first-order valence-corrected chi connectivity index (χ1v) is 9.81. The fourth-order valence-electron chi connectivity index (χ4n) is 2.63. The van der Waals surface area contributed by atoms with Gasteiger partial charge in [-0.25, -0.2) is 13.4 Å². The van der Waals surface area contributed by atoms with E-state index in [9.17, 15) is 13.2 Å². The molecule has 1 aromatic heterocycles. The SMILES string of the molecule is Cl.NCCc1nc(C(=O)NC2CCS(=O)(=O)c3ccccc32)cs1. The van der Waals surface area contributed by atoms with Gasteiger partial charge in [0.05, 0.1) is 21.7 Å². The van der Waals surface area contributed by atoms with Gasteiger partial charge in [-0.2, -0.15) is 0 Å². The van der Waals surface area contributed by atoms with E-state index in [4.69, 9.17) is 5.73 Å². The van der Waals surface area contributed by atoms with Crippen LogP contribution in [0.2, 0.25) is 0 Å². The van der Waals surface area contributed by atoms with E-state index in [2.05, 4.69) is 10.3 Å². The van der Waals surface area contributed by atoms with Gasteiger partial charge < -0.3 is 11.1 Å². The van der Waals surface area contributed by atoms with Gasteiger partial charge in [-0.1, -0.05) is 18.2 Å². The van der Waals surface area contributed by atoms with Crippen molar-refractivity contribution < 1.29 is 13.2 Å². The highest BCUT2D eigenvalue weighted by molar-refractivity contribution is 7.91. The van der Waals surface area contributed by atoms with Crippen molar-refractivity contribution in [3.63, 3.8) is 0 Å². The van der Waals surface area contributed by atoms with Gasteiger partial charge in [0.1, 0.15) is 5.69 Å². The van der Waals surface area contributed by atoms with E-state index in [1.807, 2.05) is 0 Å². The number of hydrogen-bond donors (Lipinski definition) is 2. The summed E-state index contributed by atoms with van der Waals surface area (Å²) in [5.41, 5.74) is 6.48. The number of halogens is 1. The van der Waals surface area contributed by atoms with Gasteiger partial charge in [0.2, 0.25) is 0 Å². The molecule has 2 aromatic rings. The molecule has 1 aromatic carbocycles. The fraction of sp³-hybridized carbons (Fsp3) is 0.333. The van der Waals surface area contributed by atoms with Gasteiger partial charge in [-0.3, -0.25) is 4.79 Å². The van der Waals surface area contributed by atoms with Gasteiger partial charge in [-0.05, 0) is 24.6 Å². The van der Waals surface area contributed by atoms with Crippen LogP contribution in [0.4, 0.5) is 0 Å². The fourth-order valence-corrected chi connectivity index (χ4v) is 5.04. The Morgan fingerprint density at radius 2 is 2.12 bits per heavy atom. The summed E-state index contributed by atoms with van der Waals surface area (Å²) in [6.07, 6.45) is 1.01. The molecule has 0 saturated heterocycles. The van der Waals surface area contributed by atoms with Crippen LogP contribution in [0.3, 0.4) is 0 Å². The van der Waals surface area contributed by atoms with Crippen molar-refractivity contribution in [2.45, 2.75) is 23.8 Å². The Balaban J connectivity index is 0.00000208. The molecule has 1 aliphatic heterocycles. The van der Waals surface area contributed by atoms with Gasteiger partial charge in [0.25, 0.3) is 5.91 Å². The van der Waals surface area contributed by atoms with Crippen LogP contribution in [-0.2, 0) is 16.3 Å². The Morgan fingerprint density at radius 1 is 1.38 bits per heavy atom. The summed E-state index contributed by atoms with van der Waals surface area (Å²) in [5.74, 6) is -0.256. The van der Waals surface area contributed by atoms with E-state index >= 15 is 0 Å². The van der Waals surface area contributed by atoms with Crippen LogP contribution in [0.1, 0.15) is 33.5 Å². The van der Waals surface area contributed by atoms with Crippen LogP contribution in [0.15, 0.2) is 34.5 Å². The minimum absolute atomic E-state index is 0. The number of benzene rings is 1. The lowest BCUT2D eigenvalue weighted by atomic mass is 10.0. The summed E-state index contributed by atoms with van der Waals surface area (Å²) >= 11 is 1.40. The van der Waals surface area contributed by atoms with E-state index < -0.39 is 9.84 Å². The summed E-state index contributed by atoms with van der Waals surface area (Å²) in [5, 5.41) is 5.42. The average molecular weight is 388 g/mol. The summed E-state index contributed by atoms with van der Waals surface area (Å²) in [6.45, 7) is 0.489. The van der Waals surface area contributed by atoms with E-state index in [1.54, 1.807) is 29.6 Å². The van der Waals surface area contributed by atoms with Crippen molar-refractivity contribution in [1.29, 1.82) is 0 Å². The molecule has 1 atom stereocenters. The number of hydrogen-bond acceptors (Lipinski definition) is 6. The van der Waals surface area contributed by atoms with Crippen molar-refractivity contribution in [2.75, 3.05) is 12.3 Å². The standard InChI is InChI=1S/C15H17N3O3S2.ClH/c16-7-5-14-17-12(9-22-14)15(19)18-11-6-8-23(20,21)13-4-2-1-3-10(11)13;/h1-4,9,11H,5-8,16H2,(H,18,19);1H. The highest BCUT2D eigenvalue weighted by Gasteiger charge is 2.31. The van der Waals surface area contributed by atoms with Crippen molar-refractivity contribution in [3.8, 4) is 0 Å². The first-order valence-electron chi connectivity index (χ1n) is 7.28. The predicted octanol–water partition coefficient (Wildman–Crippen LogP) is 1.71. The van der Waals surface area contributed by atoms with Gasteiger partial charge in [0.15, 0.2) is 9.84 Å². The molecule has 0 aliphatic carbocycles. The molecule has 2 heterocycles. The zero-order chi connectivity index (χ0) is 16.4. The molecule has 0 fully saturated rings. The Labute approximate surface area is 150 Å². The van der Waals surface area contributed by atoms with Crippen molar-refractivity contribution in [3.05, 3.63) is 45.9 Å². The lowest BCUT2D eigenvalue weighted by molar-refractivity contribution is 0.0930. The third-order valence-electron chi connectivity index (χ3n) is 3.75. The maximum Gasteiger partial charge on any atom is 0.271 e. The summed E-state index contributed by atoms with van der Waals surface area (Å²) < 4.78 is 24.2. The maximum atomic E-state index is 12.4. The van der Waals surface area contributed by atoms with Gasteiger partial charge >= 0.3 is 0 Å². The Morgan fingerprint density at radius 3 is 2.88 bits per heavy atom. The number of amides is 1. The third-order valence-corrected chi connectivity index (χ3v) is 6.48. The Kier molecular flexibility index (Phi) is 5.97. The van der Waals surface area contributed by atoms with E-state index in [0.29, 0.717) is 35.5 Å². The molecular weight excluding hydrogens is 370 g/mol. The number of nitrogens with two attached hydrogens (primary N) is 1. The first-order chi connectivity index (χ1) is 11.0. The summed E-state index contributed by atoms with van der Waals surface area (Å²) in [7, 11) is -3.26. The number of thiazole rings is 1. The van der Waals surface area contributed by atoms with E-state index in [0.717, 1.165) is 5.01 Å². The van der Waals surface area contributed by atoms with Crippen LogP contribution >= 0.6 is 23.7 Å². The first kappa shape index (κ1) is 18.9. The monoisotopic (exact) mass is 387 g/mol. The zero-order valence-corrected chi connectivity index (χ0v) is 15.2. The minimum atomic E-state index is -3.26. The second kappa shape index (κ2) is 7.60. The molecule has 1 amide bonds. The molecule has 9 heteroatoms. The number of carbonyl (C=O) groups excluding carboxylic acids is 1. The number of aromatic nitrogens is 1. The second-order valence-corrected chi connectivity index (χ2v) is 8.36. The number of sulfone groups is 1. The molecule has 1 aliphatic rings. The third kappa shape index (κ3) is 3.77. The highest BCUT2D eigenvalue weighted by atomic mass is 35.5. The summed E-state index contributed by atoms with van der Waals surface area (Å²) in [4.78, 5) is 16.9. The van der Waals surface area contributed by atoms with Gasteiger partial charge in [-0.15, -0.1) is 23.7 Å². The lowest BCUT2D eigenvalue weighted by Crippen LogP contribution is -2.34. The second-order valence-electron chi connectivity index (χ2n) is 5.34. The largest absolute Gasteiger partial charge is 0.344 e. The maximum absolute atomic E-state index is 12.4. The molecule has 1 unspecified atom stereocenters. The number of carbonyl (C=O) groups is 1. The molecule has 0 spiro atoms. The minimum Gasteiger partial charge on any atom is -0.344 e. The molecule has 0 radical (unpaired) electrons. The number of fused-ring (bicyclic) bond motifs is 1. The molecule has 24 heavy (non-hydrogen) atoms. The lowest BCUT2D eigenvalue weighted by Gasteiger charge is -2.25. The smallest absolute Gasteiger partial charge is 0.271 e. The van der Waals surface area contributed by atoms with Crippen LogP contribution in [0.25, 0.3) is 0 Å². The van der Waals surface area contributed by atoms with Crippen LogP contribution in [-0.4, -0.2) is 31.6 Å². The highest BCUT2D eigenvalue weighted by Crippen LogP contribution is 2.32. The normalized spacial score (nSPS) is 18.3. The molecule has 3 rings (SSSR count). The van der Waals surface area contributed by atoms with Crippen molar-refractivity contribution in [1.82, 2.24) is 10.3 Å². The quantitative estimate of drug-likeness (QED) is 0.831. The number of rotatable bonds is 4. The summed E-state index contributed by atoms with van der Waals surface area (Å²) in [6, 6.07) is 6.49. The topological polar surface area (TPSA) is 102 Å². The van der Waals surface area contributed by atoms with Crippen molar-refractivity contribution >= 4 is 39.5 Å². The van der Waals surface area contributed by atoms with Crippen LogP contribution in [0, 0.1) is 0 Å². The van der Waals surface area contributed by atoms with E-state index in [-0.39, 0.29) is 30.1 Å². The number of nitrogens with zero attached hydrogens (tertiary/aromatic N) is 1. The predicted molar refractivity (Wildman–Crippen MR) is 95.4 cm³/mol. The zero-order valence-electron chi connectivity index (χ0n) is 12.8. The average Bonchev–Trinajstić information content (AvgIpc) is 3.00. The van der Waals surface area contributed by atoms with Crippen molar-refractivity contribution in [2.24, 2.45) is 5.73 Å². The van der Waals surface area contributed by atoms with Crippen LogP contribution < -0.4 is 11.1 Å². The Bertz CT molecular complexity index is 836.